The Labute approximate surface area is 562 Å². The highest BCUT2D eigenvalue weighted by molar-refractivity contribution is 7.86. The number of benzene rings is 4. The van der Waals surface area contributed by atoms with E-state index in [2.05, 4.69) is 147 Å². The van der Waals surface area contributed by atoms with E-state index in [1.807, 2.05) is 41.9 Å². The highest BCUT2D eigenvalue weighted by Gasteiger charge is 2.44. The molecule has 0 bridgehead atoms. The molecule has 6 N–H and O–H groups in total. The van der Waals surface area contributed by atoms with E-state index in [-0.39, 0.29) is 39.5 Å². The molecule has 22 heteroatoms. The van der Waals surface area contributed by atoms with Crippen molar-refractivity contribution in [1.82, 2.24) is 15.1 Å². The van der Waals surface area contributed by atoms with Crippen LogP contribution in [0.1, 0.15) is 153 Å². The van der Waals surface area contributed by atoms with Crippen molar-refractivity contribution in [2.24, 2.45) is 11.1 Å². The number of fused-ring (bicyclic) bond motifs is 3. The summed E-state index contributed by atoms with van der Waals surface area (Å²) in [6, 6.07) is 30.8. The summed E-state index contributed by atoms with van der Waals surface area (Å²) in [5.74, 6) is -0.977. The number of unbranched alkanes of at least 4 members (excludes halogenated alkanes) is 2. The predicted molar refractivity (Wildman–Crippen MR) is 374 cm³/mol. The molecule has 1 aromatic heterocycles. The normalized spacial score (nSPS) is 16.5. The van der Waals surface area contributed by atoms with Crippen molar-refractivity contribution in [2.75, 3.05) is 114 Å². The molecule has 1 aliphatic carbocycles. The number of Topliss-reactive ketones (excluding diaryl/α,β-unsaturated/α-hetero) is 1. The number of carbonyl (C=O) groups excluding carboxylic acids is 2. The van der Waals surface area contributed by atoms with Gasteiger partial charge in [-0.3, -0.25) is 18.7 Å². The molecule has 20 nitrogen and oxygen atoms in total. The van der Waals surface area contributed by atoms with Gasteiger partial charge >= 0.3 is 0 Å². The molecule has 3 aliphatic rings. The van der Waals surface area contributed by atoms with Gasteiger partial charge in [-0.2, -0.15) is 26.5 Å². The van der Waals surface area contributed by atoms with Crippen LogP contribution in [0.5, 0.6) is 0 Å². The Morgan fingerprint density at radius 3 is 1.96 bits per heavy atom. The fraction of sp³-hybridized carbons (Fsp3) is 0.507. The van der Waals surface area contributed by atoms with Crippen LogP contribution in [0.15, 0.2) is 127 Å². The molecule has 516 valence electrons. The van der Waals surface area contributed by atoms with Crippen LogP contribution < -0.4 is 21.3 Å². The lowest BCUT2D eigenvalue weighted by Gasteiger charge is -2.29. The number of anilines is 2. The first-order valence-electron chi connectivity index (χ1n) is 33.4. The van der Waals surface area contributed by atoms with Crippen molar-refractivity contribution < 1.29 is 63.8 Å². The van der Waals surface area contributed by atoms with Crippen LogP contribution in [0.25, 0.3) is 5.69 Å². The highest BCUT2D eigenvalue weighted by atomic mass is 32.2. The quantitative estimate of drug-likeness (QED) is 0.0138. The first kappa shape index (κ1) is 74.1. The third-order valence-corrected chi connectivity index (χ3v) is 19.4. The number of para-hydroxylation sites is 2. The van der Waals surface area contributed by atoms with Crippen LogP contribution in [0.3, 0.4) is 0 Å². The number of hydrogen-bond acceptors (Lipinski definition) is 15. The van der Waals surface area contributed by atoms with Gasteiger partial charge in [0, 0.05) is 91.8 Å². The number of rotatable bonds is 41. The number of hydrogen-bond donors (Lipinski definition) is 5. The number of allylic oxidation sites excluding steroid dienone is 6. The van der Waals surface area contributed by atoms with Gasteiger partial charge in [0.25, 0.3) is 26.1 Å². The Balaban J connectivity index is 0.726. The monoisotopic (exact) mass is 1350 g/mol. The van der Waals surface area contributed by atoms with Crippen LogP contribution in [0.4, 0.5) is 17.1 Å². The summed E-state index contributed by atoms with van der Waals surface area (Å²) < 4.78 is 97.9. The second-order valence-electron chi connectivity index (χ2n) is 26.6. The first-order chi connectivity index (χ1) is 45.3. The van der Waals surface area contributed by atoms with Crippen molar-refractivity contribution in [3.05, 3.63) is 172 Å². The zero-order valence-electron chi connectivity index (χ0n) is 56.6. The van der Waals surface area contributed by atoms with E-state index < -0.39 is 26.1 Å². The summed E-state index contributed by atoms with van der Waals surface area (Å²) in [7, 11) is -8.11. The fourth-order valence-corrected chi connectivity index (χ4v) is 14.1. The van der Waals surface area contributed by atoms with Gasteiger partial charge in [0.05, 0.1) is 98.0 Å². The van der Waals surface area contributed by atoms with Crippen molar-refractivity contribution in [3.63, 3.8) is 0 Å². The van der Waals surface area contributed by atoms with E-state index >= 15 is 0 Å². The molecule has 8 rings (SSSR count). The standard InChI is InChI=1S/C73H99N7O13S2/c1-54-69-65(51-71(2,3)52-66(69)81)80(77-54)58-31-32-59(70(74)82)62(50-58)76-35-19-39-90-41-43-92-45-47-93-46-44-91-42-40-89-38-18-34-75-53-55-26-28-57(29-27-55)56(30-33-68-73(6,7)61-22-10-12-24-64(61)79(68)37-15-17-49-95(86,87)88)20-8-13-25-67-72(4,5)60-21-9-11-23-63(60)78(67)36-14-16-48-94(83,84)85/h8-13,21-33,50,56,75H,14-20,34-49,51-53H2,1-7H3,(H4-,74,76,82,83,84,85,86,87,88)/p+1/b13-8+,33-30+,67-25-. The lowest BCUT2D eigenvalue weighted by Crippen LogP contribution is -2.28. The number of nitrogens with one attached hydrogen (secondary N) is 2. The molecule has 0 saturated heterocycles. The van der Waals surface area contributed by atoms with Gasteiger partial charge in [-0.1, -0.05) is 107 Å². The molecule has 0 fully saturated rings. The van der Waals surface area contributed by atoms with Gasteiger partial charge in [0.15, 0.2) is 11.5 Å². The summed E-state index contributed by atoms with van der Waals surface area (Å²) in [4.78, 5) is 27.5. The summed E-state index contributed by atoms with van der Waals surface area (Å²) in [6.45, 7) is 22.9. The molecule has 1 atom stereocenters. The van der Waals surface area contributed by atoms with E-state index in [1.54, 1.807) is 6.07 Å². The molecule has 1 unspecified atom stereocenters. The molecular weight excluding hydrogens is 1250 g/mol. The minimum absolute atomic E-state index is 0.000740. The zero-order chi connectivity index (χ0) is 68.2. The number of aromatic nitrogens is 2. The second kappa shape index (κ2) is 34.5. The van der Waals surface area contributed by atoms with E-state index in [4.69, 9.17) is 34.5 Å². The summed E-state index contributed by atoms with van der Waals surface area (Å²) >= 11 is 0. The van der Waals surface area contributed by atoms with Crippen molar-refractivity contribution >= 4 is 54.7 Å². The maximum atomic E-state index is 13.0. The highest BCUT2D eigenvalue weighted by Crippen LogP contribution is 2.48. The third-order valence-electron chi connectivity index (χ3n) is 17.8. The second-order valence-corrected chi connectivity index (χ2v) is 29.8. The Bertz CT molecular complexity index is 3760. The number of ketones is 1. The maximum absolute atomic E-state index is 13.0. The number of amides is 1. The summed E-state index contributed by atoms with van der Waals surface area (Å²) in [5, 5.41) is 11.6. The van der Waals surface area contributed by atoms with Gasteiger partial charge in [-0.05, 0) is 125 Å². The molecule has 0 radical (unpaired) electrons. The van der Waals surface area contributed by atoms with Crippen molar-refractivity contribution in [2.45, 2.75) is 130 Å². The summed E-state index contributed by atoms with van der Waals surface area (Å²) in [6.07, 6.45) is 16.4. The van der Waals surface area contributed by atoms with Gasteiger partial charge < -0.3 is 45.0 Å². The number of primary amides is 1. The Morgan fingerprint density at radius 1 is 0.716 bits per heavy atom. The third kappa shape index (κ3) is 21.2. The molecule has 95 heavy (non-hydrogen) atoms. The number of carbonyl (C=O) groups is 2. The van der Waals surface area contributed by atoms with Crippen molar-refractivity contribution in [1.29, 1.82) is 0 Å². The number of nitrogens with two attached hydrogens (primary N) is 1. The zero-order valence-corrected chi connectivity index (χ0v) is 58.2. The van der Waals surface area contributed by atoms with Crippen molar-refractivity contribution in [3.8, 4) is 5.69 Å². The van der Waals surface area contributed by atoms with E-state index in [1.165, 1.54) is 11.1 Å². The predicted octanol–water partition coefficient (Wildman–Crippen LogP) is 11.2. The van der Waals surface area contributed by atoms with Gasteiger partial charge in [0.2, 0.25) is 5.69 Å². The molecular formula is C73H100N7O13S2+. The van der Waals surface area contributed by atoms with E-state index in [0.717, 1.165) is 64.7 Å². The average molecular weight is 1350 g/mol. The minimum atomic E-state index is -4.06. The first-order valence-corrected chi connectivity index (χ1v) is 36.6. The molecule has 3 heterocycles. The largest absolute Gasteiger partial charge is 0.384 e. The molecule has 5 aromatic rings. The van der Waals surface area contributed by atoms with Crippen LogP contribution >= 0.6 is 0 Å². The lowest BCUT2D eigenvalue weighted by atomic mass is 9.75. The fourth-order valence-electron chi connectivity index (χ4n) is 13.0. The Morgan fingerprint density at radius 2 is 1.32 bits per heavy atom. The number of ether oxygens (including phenoxy) is 5. The van der Waals surface area contributed by atoms with E-state index in [9.17, 15) is 35.5 Å². The van der Waals surface area contributed by atoms with Gasteiger partial charge in [0.1, 0.15) is 6.54 Å². The van der Waals surface area contributed by atoms with Crippen LogP contribution in [0, 0.1) is 12.3 Å². The Kier molecular flexibility index (Phi) is 26.9. The topological polar surface area (TPSA) is 263 Å². The van der Waals surface area contributed by atoms with Gasteiger partial charge in [-0.25, -0.2) is 4.68 Å². The average Bonchev–Trinajstić information content (AvgIpc) is 1.62. The molecule has 0 saturated carbocycles. The van der Waals surface area contributed by atoms with Crippen LogP contribution in [-0.4, -0.2) is 161 Å². The number of nitrogens with zero attached hydrogens (tertiary/aromatic N) is 4. The molecule has 1 amide bonds. The Hall–Kier alpha value is -6.70. The van der Waals surface area contributed by atoms with E-state index in [0.29, 0.717) is 160 Å². The lowest BCUT2D eigenvalue weighted by molar-refractivity contribution is -0.438. The van der Waals surface area contributed by atoms with Crippen LogP contribution in [-0.2, 0) is 67.7 Å². The SMILES string of the molecule is Cc1nn(-c2ccc(C(N)=O)c(NCCCOCCOCCOCCOCCOCCCNCc3ccc(C(/C=C/C4=[N+](CCCCS(=O)(=O)O)c5ccccc5C4(C)C)C/C=C/C=C4\N(CCCCS(=O)(=O)O)c5ccccc5C4(C)C)cc3)c2)c2c1C(=O)CC(C)(C)C2. The maximum Gasteiger partial charge on any atom is 0.264 e. The molecule has 2 aliphatic heterocycles. The molecule has 0 spiro atoms. The van der Waals surface area contributed by atoms with Gasteiger partial charge in [-0.15, -0.1) is 0 Å². The smallest absolute Gasteiger partial charge is 0.264 e. The minimum Gasteiger partial charge on any atom is -0.384 e. The van der Waals surface area contributed by atoms with Crippen LogP contribution in [0.2, 0.25) is 0 Å². The number of aryl methyl sites for hydroxylation is 1. The molecule has 4 aromatic carbocycles. The summed E-state index contributed by atoms with van der Waals surface area (Å²) in [5.41, 5.74) is 18.1.